The van der Waals surface area contributed by atoms with Crippen LogP contribution in [0.3, 0.4) is 0 Å². The van der Waals surface area contributed by atoms with Crippen molar-refractivity contribution in [2.45, 2.75) is 6.42 Å². The van der Waals surface area contributed by atoms with Crippen LogP contribution in [0.5, 0.6) is 0 Å². The second kappa shape index (κ2) is 6.94. The highest BCUT2D eigenvalue weighted by molar-refractivity contribution is 6.35. The van der Waals surface area contributed by atoms with Gasteiger partial charge in [-0.25, -0.2) is 9.97 Å². The van der Waals surface area contributed by atoms with Crippen molar-refractivity contribution in [1.29, 1.82) is 0 Å². The van der Waals surface area contributed by atoms with Gasteiger partial charge in [-0.15, -0.1) is 0 Å². The summed E-state index contributed by atoms with van der Waals surface area (Å²) in [4.78, 5) is 23.0. The molecule has 0 unspecified atom stereocenters. The molecule has 0 atom stereocenters. The standard InChI is InChI=1S/C19H14Cl2N4O/c20-13-5-6-14(21)15(9-13)24-18-11-22-16(10-23-18)19(26)25-8-7-12-3-1-2-4-17(12)25/h1-6,9-11H,7-8H2,(H,23,24). The van der Waals surface area contributed by atoms with Crippen molar-refractivity contribution in [2.24, 2.45) is 0 Å². The monoisotopic (exact) mass is 384 g/mol. The van der Waals surface area contributed by atoms with Gasteiger partial charge in [0.1, 0.15) is 11.5 Å². The van der Waals surface area contributed by atoms with Crippen LogP contribution in [-0.4, -0.2) is 22.4 Å². The van der Waals surface area contributed by atoms with E-state index in [1.54, 1.807) is 23.1 Å². The Bertz CT molecular complexity index is 976. The SMILES string of the molecule is O=C(c1cnc(Nc2cc(Cl)ccc2Cl)cn1)N1CCc2ccccc21. The lowest BCUT2D eigenvalue weighted by atomic mass is 10.2. The molecule has 0 fully saturated rings. The highest BCUT2D eigenvalue weighted by Crippen LogP contribution is 2.29. The number of nitrogens with zero attached hydrogens (tertiary/aromatic N) is 3. The average Bonchev–Trinajstić information content (AvgIpc) is 3.09. The van der Waals surface area contributed by atoms with Gasteiger partial charge in [0.25, 0.3) is 5.91 Å². The number of fused-ring (bicyclic) bond motifs is 1. The van der Waals surface area contributed by atoms with Crippen molar-refractivity contribution in [3.05, 3.63) is 76.2 Å². The summed E-state index contributed by atoms with van der Waals surface area (Å²) in [6.45, 7) is 0.651. The molecule has 1 aromatic heterocycles. The van der Waals surface area contributed by atoms with Crippen molar-refractivity contribution in [1.82, 2.24) is 9.97 Å². The molecule has 0 spiro atoms. The number of halogens is 2. The molecule has 3 aromatic rings. The summed E-state index contributed by atoms with van der Waals surface area (Å²) in [5, 5.41) is 4.13. The predicted molar refractivity (Wildman–Crippen MR) is 104 cm³/mol. The molecule has 1 aliphatic rings. The van der Waals surface area contributed by atoms with Gasteiger partial charge in [0, 0.05) is 17.3 Å². The Hall–Kier alpha value is -2.63. The van der Waals surface area contributed by atoms with E-state index in [4.69, 9.17) is 23.2 Å². The van der Waals surface area contributed by atoms with Gasteiger partial charge in [-0.3, -0.25) is 4.79 Å². The van der Waals surface area contributed by atoms with Gasteiger partial charge >= 0.3 is 0 Å². The van der Waals surface area contributed by atoms with Crippen molar-refractivity contribution >= 4 is 46.3 Å². The van der Waals surface area contributed by atoms with Crippen LogP contribution >= 0.6 is 23.2 Å². The first-order valence-electron chi connectivity index (χ1n) is 8.06. The lowest BCUT2D eigenvalue weighted by molar-refractivity contribution is 0.0984. The zero-order valence-corrected chi connectivity index (χ0v) is 15.1. The third-order valence-electron chi connectivity index (χ3n) is 4.19. The average molecular weight is 385 g/mol. The van der Waals surface area contributed by atoms with E-state index in [0.29, 0.717) is 33.8 Å². The minimum Gasteiger partial charge on any atom is -0.338 e. The summed E-state index contributed by atoms with van der Waals surface area (Å²) < 4.78 is 0. The van der Waals surface area contributed by atoms with E-state index >= 15 is 0 Å². The first-order chi connectivity index (χ1) is 12.6. The minimum absolute atomic E-state index is 0.158. The van der Waals surface area contributed by atoms with Crippen LogP contribution in [-0.2, 0) is 6.42 Å². The molecular formula is C19H14Cl2N4O. The number of benzene rings is 2. The normalized spacial score (nSPS) is 12.8. The van der Waals surface area contributed by atoms with E-state index < -0.39 is 0 Å². The van der Waals surface area contributed by atoms with Gasteiger partial charge in [-0.1, -0.05) is 41.4 Å². The number of hydrogen-bond donors (Lipinski definition) is 1. The Balaban J connectivity index is 1.53. The van der Waals surface area contributed by atoms with E-state index in [0.717, 1.165) is 12.1 Å². The quantitative estimate of drug-likeness (QED) is 0.708. The maximum Gasteiger partial charge on any atom is 0.278 e. The lowest BCUT2D eigenvalue weighted by Crippen LogP contribution is -2.29. The van der Waals surface area contributed by atoms with Gasteiger partial charge in [0.2, 0.25) is 0 Å². The smallest absolute Gasteiger partial charge is 0.278 e. The summed E-state index contributed by atoms with van der Waals surface area (Å²) in [7, 11) is 0. The van der Waals surface area contributed by atoms with Crippen molar-refractivity contribution in [3.63, 3.8) is 0 Å². The molecule has 130 valence electrons. The molecule has 4 rings (SSSR count). The zero-order chi connectivity index (χ0) is 18.1. The molecule has 0 saturated heterocycles. The van der Waals surface area contributed by atoms with E-state index in [-0.39, 0.29) is 5.91 Å². The van der Waals surface area contributed by atoms with Crippen LogP contribution in [0.2, 0.25) is 10.0 Å². The number of nitrogens with one attached hydrogen (secondary N) is 1. The lowest BCUT2D eigenvalue weighted by Gasteiger charge is -2.16. The van der Waals surface area contributed by atoms with Gasteiger partial charge in [0.15, 0.2) is 0 Å². The molecule has 2 aromatic carbocycles. The maximum atomic E-state index is 12.7. The van der Waals surface area contributed by atoms with Gasteiger partial charge in [0.05, 0.1) is 23.1 Å². The number of para-hydroxylation sites is 1. The van der Waals surface area contributed by atoms with Gasteiger partial charge < -0.3 is 10.2 Å². The topological polar surface area (TPSA) is 58.1 Å². The van der Waals surface area contributed by atoms with Crippen molar-refractivity contribution < 1.29 is 4.79 Å². The number of amides is 1. The van der Waals surface area contributed by atoms with E-state index in [2.05, 4.69) is 15.3 Å². The van der Waals surface area contributed by atoms with Crippen molar-refractivity contribution in [2.75, 3.05) is 16.8 Å². The van der Waals surface area contributed by atoms with Gasteiger partial charge in [-0.2, -0.15) is 0 Å². The molecule has 7 heteroatoms. The first-order valence-corrected chi connectivity index (χ1v) is 8.81. The molecule has 0 aliphatic carbocycles. The Morgan fingerprint density at radius 2 is 1.92 bits per heavy atom. The Labute approximate surface area is 160 Å². The summed E-state index contributed by atoms with van der Waals surface area (Å²) in [6.07, 6.45) is 3.82. The number of carbonyl (C=O) groups excluding carboxylic acids is 1. The summed E-state index contributed by atoms with van der Waals surface area (Å²) >= 11 is 12.1. The van der Waals surface area contributed by atoms with Crippen LogP contribution in [0.1, 0.15) is 16.1 Å². The Kier molecular flexibility index (Phi) is 4.49. The van der Waals surface area contributed by atoms with Crippen LogP contribution in [0.4, 0.5) is 17.2 Å². The highest BCUT2D eigenvalue weighted by atomic mass is 35.5. The van der Waals surface area contributed by atoms with E-state index in [1.807, 2.05) is 24.3 Å². The van der Waals surface area contributed by atoms with Crippen LogP contribution in [0.25, 0.3) is 0 Å². The summed E-state index contributed by atoms with van der Waals surface area (Å²) in [6, 6.07) is 13.0. The predicted octanol–water partition coefficient (Wildman–Crippen LogP) is 4.73. The second-order valence-corrected chi connectivity index (χ2v) is 6.72. The summed E-state index contributed by atoms with van der Waals surface area (Å²) in [5.74, 6) is 0.322. The largest absolute Gasteiger partial charge is 0.338 e. The fourth-order valence-corrected chi connectivity index (χ4v) is 3.26. The maximum absolute atomic E-state index is 12.7. The van der Waals surface area contributed by atoms with Gasteiger partial charge in [-0.05, 0) is 36.2 Å². The molecule has 2 heterocycles. The second-order valence-electron chi connectivity index (χ2n) is 5.87. The number of hydrogen-bond acceptors (Lipinski definition) is 4. The van der Waals surface area contributed by atoms with Crippen LogP contribution < -0.4 is 10.2 Å². The fourth-order valence-electron chi connectivity index (χ4n) is 2.92. The highest BCUT2D eigenvalue weighted by Gasteiger charge is 2.26. The van der Waals surface area contributed by atoms with E-state index in [9.17, 15) is 4.79 Å². The minimum atomic E-state index is -0.158. The molecule has 1 amide bonds. The molecule has 0 bridgehead atoms. The summed E-state index contributed by atoms with van der Waals surface area (Å²) in [5.41, 5.74) is 3.03. The first kappa shape index (κ1) is 16.8. The van der Waals surface area contributed by atoms with Crippen molar-refractivity contribution in [3.8, 4) is 0 Å². The zero-order valence-electron chi connectivity index (χ0n) is 13.6. The number of anilines is 3. The number of rotatable bonds is 3. The molecule has 0 radical (unpaired) electrons. The van der Waals surface area contributed by atoms with Crippen LogP contribution in [0, 0.1) is 0 Å². The Morgan fingerprint density at radius 1 is 1.08 bits per heavy atom. The molecule has 1 aliphatic heterocycles. The molecule has 26 heavy (non-hydrogen) atoms. The molecular weight excluding hydrogens is 371 g/mol. The Morgan fingerprint density at radius 3 is 2.73 bits per heavy atom. The van der Waals surface area contributed by atoms with E-state index in [1.165, 1.54) is 18.0 Å². The number of aromatic nitrogens is 2. The fraction of sp³-hybridized carbons (Fsp3) is 0.105. The molecule has 1 N–H and O–H groups in total. The third kappa shape index (κ3) is 3.23. The molecule has 0 saturated carbocycles. The third-order valence-corrected chi connectivity index (χ3v) is 4.76. The number of carbonyl (C=O) groups is 1. The molecule has 5 nitrogen and oxygen atoms in total. The van der Waals surface area contributed by atoms with Crippen LogP contribution in [0.15, 0.2) is 54.9 Å².